The van der Waals surface area contributed by atoms with Crippen LogP contribution in [0.25, 0.3) is 0 Å². The molecule has 0 aliphatic carbocycles. The standard InChI is InChI=1S/C24H31Cl2N3O3/c1-2-32-24(31)22(17-18-6-4-3-5-7-18)28-23(30)21(27)16-19-8-10-20(11-9-19)29(14-12-25)15-13-26/h3-11,21-22H,2,12-17,27H2,1H3,(H,28,30)/t21-,22-/m0/s1. The summed E-state index contributed by atoms with van der Waals surface area (Å²) in [5.74, 6) is 0.150. The molecule has 2 atom stereocenters. The zero-order valence-corrected chi connectivity index (χ0v) is 19.8. The Morgan fingerprint density at radius 2 is 1.56 bits per heavy atom. The zero-order chi connectivity index (χ0) is 23.3. The third kappa shape index (κ3) is 8.34. The van der Waals surface area contributed by atoms with Crippen LogP contribution in [0.1, 0.15) is 18.1 Å². The summed E-state index contributed by atoms with van der Waals surface area (Å²) in [6, 6.07) is 15.7. The van der Waals surface area contributed by atoms with Gasteiger partial charge in [-0.1, -0.05) is 42.5 Å². The van der Waals surface area contributed by atoms with Gasteiger partial charge >= 0.3 is 5.97 Å². The predicted molar refractivity (Wildman–Crippen MR) is 130 cm³/mol. The van der Waals surface area contributed by atoms with E-state index in [0.717, 1.165) is 16.8 Å². The Balaban J connectivity index is 2.00. The highest BCUT2D eigenvalue weighted by Gasteiger charge is 2.25. The SMILES string of the molecule is CCOC(=O)[C@H](Cc1ccccc1)NC(=O)[C@@H](N)Cc1ccc(N(CCCl)CCCl)cc1. The quantitative estimate of drug-likeness (QED) is 0.340. The Kier molecular flexibility index (Phi) is 11.4. The lowest BCUT2D eigenvalue weighted by atomic mass is 10.0. The number of amides is 1. The van der Waals surface area contributed by atoms with Crippen molar-refractivity contribution in [2.45, 2.75) is 31.8 Å². The Labute approximate surface area is 200 Å². The van der Waals surface area contributed by atoms with E-state index < -0.39 is 24.0 Å². The van der Waals surface area contributed by atoms with Gasteiger partial charge in [-0.2, -0.15) is 0 Å². The maximum atomic E-state index is 12.7. The largest absolute Gasteiger partial charge is 0.464 e. The second-order valence-electron chi connectivity index (χ2n) is 7.35. The van der Waals surface area contributed by atoms with Crippen molar-refractivity contribution in [2.75, 3.05) is 36.4 Å². The molecule has 0 heterocycles. The molecule has 0 bridgehead atoms. The lowest BCUT2D eigenvalue weighted by Crippen LogP contribution is -2.50. The maximum absolute atomic E-state index is 12.7. The van der Waals surface area contributed by atoms with Crippen molar-refractivity contribution in [3.63, 3.8) is 0 Å². The van der Waals surface area contributed by atoms with E-state index in [9.17, 15) is 9.59 Å². The van der Waals surface area contributed by atoms with E-state index >= 15 is 0 Å². The lowest BCUT2D eigenvalue weighted by Gasteiger charge is -2.23. The second-order valence-corrected chi connectivity index (χ2v) is 8.10. The summed E-state index contributed by atoms with van der Waals surface area (Å²) in [6.07, 6.45) is 0.682. The van der Waals surface area contributed by atoms with Gasteiger partial charge in [0, 0.05) is 37.0 Å². The van der Waals surface area contributed by atoms with E-state index in [1.165, 1.54) is 0 Å². The van der Waals surface area contributed by atoms with Crippen molar-refractivity contribution in [3.05, 3.63) is 65.7 Å². The Hall–Kier alpha value is -2.28. The van der Waals surface area contributed by atoms with Crippen LogP contribution in [0.5, 0.6) is 0 Å². The summed E-state index contributed by atoms with van der Waals surface area (Å²) in [7, 11) is 0. The number of esters is 1. The highest BCUT2D eigenvalue weighted by molar-refractivity contribution is 6.18. The van der Waals surface area contributed by atoms with Gasteiger partial charge in [0.15, 0.2) is 0 Å². The van der Waals surface area contributed by atoms with E-state index in [0.29, 0.717) is 37.7 Å². The molecule has 0 aromatic heterocycles. The molecule has 3 N–H and O–H groups in total. The van der Waals surface area contributed by atoms with Gasteiger partial charge < -0.3 is 20.7 Å². The van der Waals surface area contributed by atoms with Crippen LogP contribution in [-0.2, 0) is 27.2 Å². The number of alkyl halides is 2. The Bertz CT molecular complexity index is 828. The molecular weight excluding hydrogens is 449 g/mol. The number of nitrogens with two attached hydrogens (primary N) is 1. The second kappa shape index (κ2) is 14.0. The first kappa shape index (κ1) is 26.0. The minimum Gasteiger partial charge on any atom is -0.464 e. The van der Waals surface area contributed by atoms with Gasteiger partial charge in [0.1, 0.15) is 6.04 Å². The number of hydrogen-bond acceptors (Lipinski definition) is 5. The molecule has 0 aliphatic heterocycles. The Morgan fingerprint density at radius 1 is 0.969 bits per heavy atom. The molecular formula is C24H31Cl2N3O3. The molecule has 0 aliphatic rings. The Morgan fingerprint density at radius 3 is 2.12 bits per heavy atom. The van der Waals surface area contributed by atoms with Crippen LogP contribution in [0.2, 0.25) is 0 Å². The van der Waals surface area contributed by atoms with Crippen molar-refractivity contribution in [1.29, 1.82) is 0 Å². The zero-order valence-electron chi connectivity index (χ0n) is 18.3. The number of carbonyl (C=O) groups is 2. The summed E-state index contributed by atoms with van der Waals surface area (Å²) < 4.78 is 5.13. The number of carbonyl (C=O) groups excluding carboxylic acids is 2. The van der Waals surface area contributed by atoms with Crippen molar-refractivity contribution in [1.82, 2.24) is 5.32 Å². The third-order valence-corrected chi connectivity index (χ3v) is 5.31. The average Bonchev–Trinajstić information content (AvgIpc) is 2.80. The van der Waals surface area contributed by atoms with Crippen molar-refractivity contribution >= 4 is 40.8 Å². The topological polar surface area (TPSA) is 84.7 Å². The fraction of sp³-hybridized carbons (Fsp3) is 0.417. The molecule has 0 spiro atoms. The molecule has 2 aromatic carbocycles. The van der Waals surface area contributed by atoms with E-state index in [2.05, 4.69) is 10.2 Å². The van der Waals surface area contributed by atoms with Crippen LogP contribution in [0.4, 0.5) is 5.69 Å². The van der Waals surface area contributed by atoms with Gasteiger partial charge in [-0.25, -0.2) is 4.79 Å². The smallest absolute Gasteiger partial charge is 0.328 e. The van der Waals surface area contributed by atoms with Gasteiger partial charge in [-0.15, -0.1) is 23.2 Å². The monoisotopic (exact) mass is 479 g/mol. The fourth-order valence-corrected chi connectivity index (χ4v) is 3.74. The molecule has 1 amide bonds. The van der Waals surface area contributed by atoms with E-state index in [4.69, 9.17) is 33.7 Å². The minimum absolute atomic E-state index is 0.239. The lowest BCUT2D eigenvalue weighted by molar-refractivity contribution is -0.147. The predicted octanol–water partition coefficient (Wildman–Crippen LogP) is 3.13. The molecule has 0 saturated carbocycles. The first-order chi connectivity index (χ1) is 15.5. The number of benzene rings is 2. The number of nitrogens with one attached hydrogen (secondary N) is 1. The van der Waals surface area contributed by atoms with Crippen LogP contribution in [0.15, 0.2) is 54.6 Å². The molecule has 0 fully saturated rings. The van der Waals surface area contributed by atoms with Crippen LogP contribution in [-0.4, -0.2) is 55.4 Å². The first-order valence-electron chi connectivity index (χ1n) is 10.7. The molecule has 0 unspecified atom stereocenters. The van der Waals surface area contributed by atoms with E-state index in [1.54, 1.807) is 6.92 Å². The highest BCUT2D eigenvalue weighted by atomic mass is 35.5. The number of rotatable bonds is 13. The van der Waals surface area contributed by atoms with Crippen molar-refractivity contribution in [3.8, 4) is 0 Å². The van der Waals surface area contributed by atoms with Gasteiger partial charge in [0.05, 0.1) is 12.6 Å². The van der Waals surface area contributed by atoms with E-state index in [-0.39, 0.29) is 6.61 Å². The fourth-order valence-electron chi connectivity index (χ4n) is 3.33. The van der Waals surface area contributed by atoms with Crippen LogP contribution >= 0.6 is 23.2 Å². The normalized spacial score (nSPS) is 12.6. The van der Waals surface area contributed by atoms with Crippen molar-refractivity contribution in [2.24, 2.45) is 5.73 Å². The molecule has 2 rings (SSSR count). The third-order valence-electron chi connectivity index (χ3n) is 4.97. The summed E-state index contributed by atoms with van der Waals surface area (Å²) >= 11 is 11.7. The number of halogens is 2. The number of hydrogen-bond donors (Lipinski definition) is 2. The van der Waals surface area contributed by atoms with Crippen LogP contribution in [0, 0.1) is 0 Å². The van der Waals surface area contributed by atoms with Gasteiger partial charge in [0.25, 0.3) is 0 Å². The molecule has 8 heteroatoms. The van der Waals surface area contributed by atoms with Crippen LogP contribution in [0.3, 0.4) is 0 Å². The maximum Gasteiger partial charge on any atom is 0.328 e. The van der Waals surface area contributed by atoms with Gasteiger partial charge in [-0.3, -0.25) is 4.79 Å². The molecule has 0 radical (unpaired) electrons. The molecule has 6 nitrogen and oxygen atoms in total. The summed E-state index contributed by atoms with van der Waals surface area (Å²) in [5.41, 5.74) is 9.01. The van der Waals surface area contributed by atoms with Gasteiger partial charge in [-0.05, 0) is 36.6 Å². The number of ether oxygens (including phenoxy) is 1. The minimum atomic E-state index is -0.796. The summed E-state index contributed by atoms with van der Waals surface area (Å²) in [5, 5.41) is 2.76. The number of anilines is 1. The number of nitrogens with zero attached hydrogens (tertiary/aromatic N) is 1. The highest BCUT2D eigenvalue weighted by Crippen LogP contribution is 2.16. The molecule has 2 aromatic rings. The summed E-state index contributed by atoms with van der Waals surface area (Å²) in [6.45, 7) is 3.37. The molecule has 32 heavy (non-hydrogen) atoms. The summed E-state index contributed by atoms with van der Waals surface area (Å²) in [4.78, 5) is 27.2. The van der Waals surface area contributed by atoms with Crippen molar-refractivity contribution < 1.29 is 14.3 Å². The molecule has 0 saturated heterocycles. The van der Waals surface area contributed by atoms with Crippen LogP contribution < -0.4 is 16.0 Å². The first-order valence-corrected chi connectivity index (χ1v) is 11.8. The van der Waals surface area contributed by atoms with Gasteiger partial charge in [0.2, 0.25) is 5.91 Å². The van der Waals surface area contributed by atoms with E-state index in [1.807, 2.05) is 54.6 Å². The molecule has 174 valence electrons. The average molecular weight is 480 g/mol.